The Hall–Kier alpha value is -3.59. The average Bonchev–Trinajstić information content (AvgIpc) is 3.42. The number of anilines is 1. The lowest BCUT2D eigenvalue weighted by atomic mass is 10.2. The first-order valence-corrected chi connectivity index (χ1v) is 9.58. The largest absolute Gasteiger partial charge is 0.361 e. The molecule has 0 aliphatic carbocycles. The van der Waals surface area contributed by atoms with Crippen molar-refractivity contribution in [2.24, 2.45) is 0 Å². The molecule has 4 heterocycles. The van der Waals surface area contributed by atoms with Gasteiger partial charge in [0.15, 0.2) is 5.13 Å². The van der Waals surface area contributed by atoms with Crippen LogP contribution in [0.4, 0.5) is 9.52 Å². The van der Waals surface area contributed by atoms with Crippen molar-refractivity contribution in [2.75, 3.05) is 5.32 Å². The molecule has 29 heavy (non-hydrogen) atoms. The predicted octanol–water partition coefficient (Wildman–Crippen LogP) is 4.25. The summed E-state index contributed by atoms with van der Waals surface area (Å²) >= 11 is 1.32. The third kappa shape index (κ3) is 4.64. The molecule has 0 bridgehead atoms. The van der Waals surface area contributed by atoms with Gasteiger partial charge in [0.25, 0.3) is 5.91 Å². The fourth-order valence-corrected chi connectivity index (χ4v) is 3.39. The summed E-state index contributed by atoms with van der Waals surface area (Å²) in [4.78, 5) is 20.6. The van der Waals surface area contributed by atoms with Crippen molar-refractivity contribution in [2.45, 2.75) is 13.5 Å². The second kappa shape index (κ2) is 8.19. The third-order valence-electron chi connectivity index (χ3n) is 4.02. The number of hydrogen-bond acceptors (Lipinski definition) is 6. The molecule has 1 amide bonds. The summed E-state index contributed by atoms with van der Waals surface area (Å²) in [7, 11) is 0. The SMILES string of the molecule is Cc1cc(/C=C/c2csc(NC(=O)c3cccn3Cc3ccnc(F)c3)n2)no1. The van der Waals surface area contributed by atoms with E-state index in [0.29, 0.717) is 34.3 Å². The second-order valence-corrected chi connectivity index (χ2v) is 7.09. The van der Waals surface area contributed by atoms with Crippen molar-refractivity contribution in [1.29, 1.82) is 0 Å². The first kappa shape index (κ1) is 18.8. The Balaban J connectivity index is 1.43. The van der Waals surface area contributed by atoms with Crippen LogP contribution in [0, 0.1) is 12.9 Å². The summed E-state index contributed by atoms with van der Waals surface area (Å²) < 4.78 is 20.0. The fraction of sp³-hybridized carbons (Fsp3) is 0.100. The zero-order chi connectivity index (χ0) is 20.2. The van der Waals surface area contributed by atoms with Gasteiger partial charge in [-0.1, -0.05) is 5.16 Å². The minimum Gasteiger partial charge on any atom is -0.361 e. The lowest BCUT2D eigenvalue weighted by Crippen LogP contribution is -2.17. The summed E-state index contributed by atoms with van der Waals surface area (Å²) in [5, 5.41) is 8.99. The van der Waals surface area contributed by atoms with Crippen LogP contribution >= 0.6 is 11.3 Å². The summed E-state index contributed by atoms with van der Waals surface area (Å²) in [6.45, 7) is 2.18. The van der Waals surface area contributed by atoms with Crippen LogP contribution in [-0.2, 0) is 6.54 Å². The minimum absolute atomic E-state index is 0.290. The number of hydrogen-bond donors (Lipinski definition) is 1. The molecule has 146 valence electrons. The van der Waals surface area contributed by atoms with Crippen LogP contribution in [0.5, 0.6) is 0 Å². The highest BCUT2D eigenvalue weighted by atomic mass is 32.1. The molecule has 0 aliphatic heterocycles. The molecule has 4 rings (SSSR count). The number of amides is 1. The van der Waals surface area contributed by atoms with E-state index >= 15 is 0 Å². The topological polar surface area (TPSA) is 85.8 Å². The standard InChI is InChI=1S/C20H16FN5O2S/c1-13-9-15(25-28-13)4-5-16-12-29-20(23-16)24-19(27)17-3-2-8-26(17)11-14-6-7-22-18(21)10-14/h2-10,12H,11H2,1H3,(H,23,24,27)/b5-4+. The molecule has 0 radical (unpaired) electrons. The number of carbonyl (C=O) groups is 1. The summed E-state index contributed by atoms with van der Waals surface area (Å²) in [5.41, 5.74) is 2.57. The average molecular weight is 409 g/mol. The zero-order valence-electron chi connectivity index (χ0n) is 15.4. The van der Waals surface area contributed by atoms with Crippen LogP contribution < -0.4 is 5.32 Å². The molecule has 0 atom stereocenters. The molecule has 0 saturated carbocycles. The van der Waals surface area contributed by atoms with Gasteiger partial charge in [-0.2, -0.15) is 4.39 Å². The van der Waals surface area contributed by atoms with Crippen molar-refractivity contribution in [3.05, 3.63) is 82.5 Å². The van der Waals surface area contributed by atoms with Gasteiger partial charge in [-0.15, -0.1) is 11.3 Å². The highest BCUT2D eigenvalue weighted by Gasteiger charge is 2.13. The molecule has 0 fully saturated rings. The lowest BCUT2D eigenvalue weighted by Gasteiger charge is -2.09. The Morgan fingerprint density at radius 3 is 2.97 bits per heavy atom. The second-order valence-electron chi connectivity index (χ2n) is 6.24. The molecule has 0 aromatic carbocycles. The molecule has 4 aromatic heterocycles. The van der Waals surface area contributed by atoms with Crippen LogP contribution in [0.3, 0.4) is 0 Å². The van der Waals surface area contributed by atoms with Gasteiger partial charge in [-0.05, 0) is 48.9 Å². The van der Waals surface area contributed by atoms with E-state index < -0.39 is 5.95 Å². The van der Waals surface area contributed by atoms with E-state index in [1.165, 1.54) is 23.6 Å². The Kier molecular flexibility index (Phi) is 5.30. The Morgan fingerprint density at radius 1 is 1.31 bits per heavy atom. The van der Waals surface area contributed by atoms with Crippen LogP contribution in [0.1, 0.15) is 33.2 Å². The molecular formula is C20H16FN5O2S. The van der Waals surface area contributed by atoms with E-state index in [0.717, 1.165) is 5.76 Å². The molecule has 4 aromatic rings. The highest BCUT2D eigenvalue weighted by Crippen LogP contribution is 2.19. The van der Waals surface area contributed by atoms with Crippen LogP contribution in [0.25, 0.3) is 12.2 Å². The Labute approximate surface area is 169 Å². The third-order valence-corrected chi connectivity index (χ3v) is 4.80. The first-order valence-electron chi connectivity index (χ1n) is 8.71. The number of thiazole rings is 1. The molecule has 0 spiro atoms. The summed E-state index contributed by atoms with van der Waals surface area (Å²) in [5.74, 6) is -0.111. The minimum atomic E-state index is -0.551. The van der Waals surface area contributed by atoms with E-state index in [9.17, 15) is 9.18 Å². The van der Waals surface area contributed by atoms with Crippen LogP contribution in [-0.4, -0.2) is 25.6 Å². The smallest absolute Gasteiger partial charge is 0.274 e. The first-order chi connectivity index (χ1) is 14.1. The maximum Gasteiger partial charge on any atom is 0.274 e. The molecule has 1 N–H and O–H groups in total. The highest BCUT2D eigenvalue weighted by molar-refractivity contribution is 7.14. The number of halogens is 1. The van der Waals surface area contributed by atoms with Crippen molar-refractivity contribution < 1.29 is 13.7 Å². The van der Waals surface area contributed by atoms with Gasteiger partial charge in [-0.3, -0.25) is 10.1 Å². The van der Waals surface area contributed by atoms with E-state index in [4.69, 9.17) is 4.52 Å². The van der Waals surface area contributed by atoms with Crippen molar-refractivity contribution in [1.82, 2.24) is 19.7 Å². The quantitative estimate of drug-likeness (QED) is 0.481. The van der Waals surface area contributed by atoms with Crippen molar-refractivity contribution in [3.8, 4) is 0 Å². The molecule has 0 aliphatic rings. The number of aromatic nitrogens is 4. The van der Waals surface area contributed by atoms with Crippen LogP contribution in [0.2, 0.25) is 0 Å². The van der Waals surface area contributed by atoms with Gasteiger partial charge in [0.2, 0.25) is 5.95 Å². The lowest BCUT2D eigenvalue weighted by molar-refractivity contribution is 0.101. The van der Waals surface area contributed by atoms with Gasteiger partial charge >= 0.3 is 0 Å². The van der Waals surface area contributed by atoms with E-state index in [1.54, 1.807) is 41.1 Å². The molecule has 7 nitrogen and oxygen atoms in total. The number of nitrogens with zero attached hydrogens (tertiary/aromatic N) is 4. The number of carbonyl (C=O) groups excluding carboxylic acids is 1. The molecule has 9 heteroatoms. The molecular weight excluding hydrogens is 393 g/mol. The number of pyridine rings is 1. The fourth-order valence-electron chi connectivity index (χ4n) is 2.71. The predicted molar refractivity (Wildman–Crippen MR) is 108 cm³/mol. The van der Waals surface area contributed by atoms with Gasteiger partial charge in [0.1, 0.15) is 17.1 Å². The maximum atomic E-state index is 13.3. The van der Waals surface area contributed by atoms with Crippen molar-refractivity contribution >= 4 is 34.5 Å². The van der Waals surface area contributed by atoms with Gasteiger partial charge in [-0.25, -0.2) is 9.97 Å². The normalized spacial score (nSPS) is 11.2. The van der Waals surface area contributed by atoms with E-state index in [-0.39, 0.29) is 5.91 Å². The van der Waals surface area contributed by atoms with Gasteiger partial charge < -0.3 is 9.09 Å². The summed E-state index contributed by atoms with van der Waals surface area (Å²) in [6.07, 6.45) is 6.75. The summed E-state index contributed by atoms with van der Waals surface area (Å²) in [6, 6.07) is 8.34. The molecule has 0 saturated heterocycles. The number of rotatable bonds is 6. The van der Waals surface area contributed by atoms with Gasteiger partial charge in [0.05, 0.1) is 5.69 Å². The van der Waals surface area contributed by atoms with Crippen molar-refractivity contribution in [3.63, 3.8) is 0 Å². The molecule has 0 unspecified atom stereocenters. The maximum absolute atomic E-state index is 13.3. The van der Waals surface area contributed by atoms with Gasteiger partial charge in [0, 0.05) is 30.4 Å². The Bertz CT molecular complexity index is 1180. The van der Waals surface area contributed by atoms with Crippen LogP contribution in [0.15, 0.2) is 52.6 Å². The monoisotopic (exact) mass is 409 g/mol. The van der Waals surface area contributed by atoms with E-state index in [1.807, 2.05) is 18.4 Å². The number of aryl methyl sites for hydroxylation is 1. The Morgan fingerprint density at radius 2 is 2.17 bits per heavy atom. The van der Waals surface area contributed by atoms with E-state index in [2.05, 4.69) is 20.4 Å². The zero-order valence-corrected chi connectivity index (χ0v) is 16.2. The number of nitrogens with one attached hydrogen (secondary N) is 1.